The first-order valence-electron chi connectivity index (χ1n) is 5.89. The molecule has 17 heavy (non-hydrogen) atoms. The van der Waals surface area contributed by atoms with E-state index in [0.29, 0.717) is 6.42 Å². The molecule has 2 rings (SSSR count). The van der Waals surface area contributed by atoms with Crippen LogP contribution in [0.2, 0.25) is 0 Å². The minimum Gasteiger partial charge on any atom is -0.294 e. The summed E-state index contributed by atoms with van der Waals surface area (Å²) in [6.45, 7) is 2.07. The highest BCUT2D eigenvalue weighted by Crippen LogP contribution is 2.09. The van der Waals surface area contributed by atoms with Gasteiger partial charge in [-0.25, -0.2) is 0 Å². The number of Topliss-reactive ketones (excluding diaryl/α,β-unsaturated/α-hetero) is 1. The van der Waals surface area contributed by atoms with Gasteiger partial charge in [-0.15, -0.1) is 0 Å². The van der Waals surface area contributed by atoms with Gasteiger partial charge in [0.25, 0.3) is 0 Å². The van der Waals surface area contributed by atoms with Crippen molar-refractivity contribution < 1.29 is 4.79 Å². The van der Waals surface area contributed by atoms with Crippen LogP contribution >= 0.6 is 0 Å². The molecule has 0 amide bonds. The van der Waals surface area contributed by atoms with Crippen molar-refractivity contribution in [2.75, 3.05) is 0 Å². The summed E-state index contributed by atoms with van der Waals surface area (Å²) in [4.78, 5) is 11.9. The number of ketones is 1. The average molecular weight is 224 g/mol. The van der Waals surface area contributed by atoms with E-state index in [0.717, 1.165) is 12.0 Å². The van der Waals surface area contributed by atoms with Crippen molar-refractivity contribution in [3.63, 3.8) is 0 Å². The predicted molar refractivity (Wildman–Crippen MR) is 70.3 cm³/mol. The first-order valence-corrected chi connectivity index (χ1v) is 5.89. The van der Waals surface area contributed by atoms with Crippen LogP contribution < -0.4 is 0 Å². The van der Waals surface area contributed by atoms with Crippen LogP contribution in [-0.4, -0.2) is 5.78 Å². The smallest absolute Gasteiger partial charge is 0.163 e. The summed E-state index contributed by atoms with van der Waals surface area (Å²) in [6, 6.07) is 17.8. The number of carbonyl (C=O) groups excluding carboxylic acids is 1. The summed E-state index contributed by atoms with van der Waals surface area (Å²) in [5.74, 6) is 0.214. The van der Waals surface area contributed by atoms with E-state index >= 15 is 0 Å². The summed E-state index contributed by atoms with van der Waals surface area (Å²) >= 11 is 0. The molecule has 2 aromatic rings. The van der Waals surface area contributed by atoms with Gasteiger partial charge in [0.2, 0.25) is 0 Å². The minimum absolute atomic E-state index is 0.214. The second-order valence-corrected chi connectivity index (χ2v) is 4.27. The molecule has 1 nitrogen and oxygen atoms in total. The van der Waals surface area contributed by atoms with Crippen molar-refractivity contribution in [1.29, 1.82) is 0 Å². The Balaban J connectivity index is 1.95. The topological polar surface area (TPSA) is 17.1 Å². The molecule has 86 valence electrons. The highest BCUT2D eigenvalue weighted by molar-refractivity contribution is 5.96. The van der Waals surface area contributed by atoms with E-state index in [4.69, 9.17) is 0 Å². The van der Waals surface area contributed by atoms with Gasteiger partial charge in [-0.3, -0.25) is 4.79 Å². The zero-order valence-corrected chi connectivity index (χ0v) is 10.0. The molecule has 0 fully saturated rings. The van der Waals surface area contributed by atoms with E-state index in [9.17, 15) is 4.79 Å². The molecule has 0 atom stereocenters. The second-order valence-electron chi connectivity index (χ2n) is 4.27. The van der Waals surface area contributed by atoms with Gasteiger partial charge in [0.15, 0.2) is 5.78 Å². The fraction of sp³-hybridized carbons (Fsp3) is 0.188. The normalized spacial score (nSPS) is 10.2. The quantitative estimate of drug-likeness (QED) is 0.722. The van der Waals surface area contributed by atoms with Gasteiger partial charge >= 0.3 is 0 Å². The van der Waals surface area contributed by atoms with Crippen LogP contribution in [0.5, 0.6) is 0 Å². The van der Waals surface area contributed by atoms with Crippen LogP contribution in [0.25, 0.3) is 0 Å². The maximum Gasteiger partial charge on any atom is 0.163 e. The molecule has 0 unspecified atom stereocenters. The summed E-state index contributed by atoms with van der Waals surface area (Å²) in [6.07, 6.45) is 1.39. The zero-order chi connectivity index (χ0) is 12.1. The molecular formula is C16H16O. The molecule has 0 N–H and O–H groups in total. The standard InChI is InChI=1S/C16H16O/c1-13-7-9-14(10-8-13)11-12-16(17)15-5-3-2-4-6-15/h2-10H,11-12H2,1H3. The van der Waals surface area contributed by atoms with Crippen LogP contribution in [0.1, 0.15) is 27.9 Å². The number of benzene rings is 2. The predicted octanol–water partition coefficient (Wildman–Crippen LogP) is 3.81. The maximum absolute atomic E-state index is 11.9. The van der Waals surface area contributed by atoms with Crippen LogP contribution in [0, 0.1) is 6.92 Å². The van der Waals surface area contributed by atoms with Crippen molar-refractivity contribution in [1.82, 2.24) is 0 Å². The highest BCUT2D eigenvalue weighted by atomic mass is 16.1. The minimum atomic E-state index is 0.214. The third kappa shape index (κ3) is 3.28. The summed E-state index contributed by atoms with van der Waals surface area (Å²) in [7, 11) is 0. The van der Waals surface area contributed by atoms with E-state index in [2.05, 4.69) is 31.2 Å². The molecule has 0 radical (unpaired) electrons. The Morgan fingerprint density at radius 2 is 1.59 bits per heavy atom. The summed E-state index contributed by atoms with van der Waals surface area (Å²) in [5.41, 5.74) is 3.28. The molecule has 2 aromatic carbocycles. The van der Waals surface area contributed by atoms with Crippen molar-refractivity contribution in [2.45, 2.75) is 19.8 Å². The van der Waals surface area contributed by atoms with Crippen molar-refractivity contribution in [3.05, 3.63) is 71.3 Å². The van der Waals surface area contributed by atoms with Gasteiger partial charge in [0.05, 0.1) is 0 Å². The first-order chi connectivity index (χ1) is 8.25. The summed E-state index contributed by atoms with van der Waals surface area (Å²) in [5, 5.41) is 0. The Labute approximate surface area is 102 Å². The van der Waals surface area contributed by atoms with E-state index < -0.39 is 0 Å². The Bertz CT molecular complexity index is 483. The lowest BCUT2D eigenvalue weighted by atomic mass is 10.0. The number of carbonyl (C=O) groups is 1. The molecule has 0 aliphatic carbocycles. The number of hydrogen-bond donors (Lipinski definition) is 0. The molecule has 0 saturated carbocycles. The Morgan fingerprint density at radius 1 is 0.941 bits per heavy atom. The molecule has 1 heteroatoms. The Kier molecular flexibility index (Phi) is 3.71. The molecule has 0 spiro atoms. The molecule has 0 aliphatic rings. The molecule has 0 bridgehead atoms. The average Bonchev–Trinajstić information content (AvgIpc) is 2.39. The number of aryl methyl sites for hydroxylation is 2. The van der Waals surface area contributed by atoms with E-state index in [-0.39, 0.29) is 5.78 Å². The Morgan fingerprint density at radius 3 is 2.24 bits per heavy atom. The van der Waals surface area contributed by atoms with Crippen molar-refractivity contribution in [2.24, 2.45) is 0 Å². The van der Waals surface area contributed by atoms with Gasteiger partial charge in [0.1, 0.15) is 0 Å². The highest BCUT2D eigenvalue weighted by Gasteiger charge is 2.04. The van der Waals surface area contributed by atoms with Gasteiger partial charge in [-0.05, 0) is 18.9 Å². The molecule has 0 saturated heterocycles. The van der Waals surface area contributed by atoms with E-state index in [1.807, 2.05) is 30.3 Å². The fourth-order valence-electron chi connectivity index (χ4n) is 1.78. The third-order valence-corrected chi connectivity index (χ3v) is 2.86. The lowest BCUT2D eigenvalue weighted by Crippen LogP contribution is -2.00. The molecule has 0 aromatic heterocycles. The van der Waals surface area contributed by atoms with Gasteiger partial charge < -0.3 is 0 Å². The largest absolute Gasteiger partial charge is 0.294 e. The van der Waals surface area contributed by atoms with Crippen LogP contribution in [0.3, 0.4) is 0 Å². The van der Waals surface area contributed by atoms with Gasteiger partial charge in [-0.2, -0.15) is 0 Å². The van der Waals surface area contributed by atoms with Crippen molar-refractivity contribution in [3.8, 4) is 0 Å². The Hall–Kier alpha value is -1.89. The molecular weight excluding hydrogens is 208 g/mol. The number of rotatable bonds is 4. The molecule has 0 heterocycles. The summed E-state index contributed by atoms with van der Waals surface area (Å²) < 4.78 is 0. The van der Waals surface area contributed by atoms with Crippen molar-refractivity contribution >= 4 is 5.78 Å². The third-order valence-electron chi connectivity index (χ3n) is 2.86. The second kappa shape index (κ2) is 5.44. The van der Waals surface area contributed by atoms with Crippen LogP contribution in [0.4, 0.5) is 0 Å². The SMILES string of the molecule is Cc1ccc(CCC(=O)c2ccccc2)cc1. The monoisotopic (exact) mass is 224 g/mol. The lowest BCUT2D eigenvalue weighted by Gasteiger charge is -2.02. The first kappa shape index (κ1) is 11.6. The molecule has 0 aliphatic heterocycles. The van der Waals surface area contributed by atoms with Gasteiger partial charge in [0, 0.05) is 12.0 Å². The zero-order valence-electron chi connectivity index (χ0n) is 10.0. The fourth-order valence-corrected chi connectivity index (χ4v) is 1.78. The van der Waals surface area contributed by atoms with E-state index in [1.165, 1.54) is 11.1 Å². The van der Waals surface area contributed by atoms with Gasteiger partial charge in [-0.1, -0.05) is 60.2 Å². The van der Waals surface area contributed by atoms with Crippen LogP contribution in [0.15, 0.2) is 54.6 Å². The number of hydrogen-bond acceptors (Lipinski definition) is 1. The van der Waals surface area contributed by atoms with Crippen LogP contribution in [-0.2, 0) is 6.42 Å². The lowest BCUT2D eigenvalue weighted by molar-refractivity contribution is 0.0983. The maximum atomic E-state index is 11.9. The van der Waals surface area contributed by atoms with E-state index in [1.54, 1.807) is 0 Å².